The van der Waals surface area contributed by atoms with Crippen LogP contribution in [-0.4, -0.2) is 26.5 Å². The first kappa shape index (κ1) is 24.4. The van der Waals surface area contributed by atoms with Gasteiger partial charge in [-0.05, 0) is 47.5 Å². The van der Waals surface area contributed by atoms with Crippen LogP contribution in [0.4, 0.5) is 4.39 Å². The maximum Gasteiger partial charge on any atom is 0.361 e. The van der Waals surface area contributed by atoms with Gasteiger partial charge in [-0.15, -0.1) is 0 Å². The first-order chi connectivity index (χ1) is 15.2. The Morgan fingerprint density at radius 1 is 0.969 bits per heavy atom. The predicted molar refractivity (Wildman–Crippen MR) is 130 cm³/mol. The number of sulfone groups is 1. The molecule has 3 aromatic rings. The van der Waals surface area contributed by atoms with Crippen molar-refractivity contribution >= 4 is 53.7 Å². The van der Waals surface area contributed by atoms with Crippen molar-refractivity contribution in [3.63, 3.8) is 0 Å². The number of benzene rings is 3. The quantitative estimate of drug-likeness (QED) is 0.306. The molecule has 0 aliphatic heterocycles. The molecule has 0 bridgehead atoms. The van der Waals surface area contributed by atoms with E-state index >= 15 is 4.39 Å². The van der Waals surface area contributed by atoms with E-state index in [2.05, 4.69) is 36.6 Å². The molecule has 32 heavy (non-hydrogen) atoms. The molecule has 4 nitrogen and oxygen atoms in total. The van der Waals surface area contributed by atoms with Gasteiger partial charge in [-0.2, -0.15) is 0 Å². The van der Waals surface area contributed by atoms with Crippen LogP contribution >= 0.6 is 31.9 Å². The predicted octanol–water partition coefficient (Wildman–Crippen LogP) is 6.32. The van der Waals surface area contributed by atoms with Crippen LogP contribution in [-0.2, 0) is 19.4 Å². The van der Waals surface area contributed by atoms with Gasteiger partial charge in [-0.25, -0.2) is 17.6 Å². The molecule has 2 atom stereocenters. The molecule has 0 aromatic heterocycles. The number of ether oxygens (including phenoxy) is 1. The highest BCUT2D eigenvalue weighted by Crippen LogP contribution is 2.43. The zero-order valence-electron chi connectivity index (χ0n) is 16.9. The summed E-state index contributed by atoms with van der Waals surface area (Å²) >= 11 is 6.71. The van der Waals surface area contributed by atoms with Gasteiger partial charge in [0.1, 0.15) is 0 Å². The highest BCUT2D eigenvalue weighted by molar-refractivity contribution is 9.10. The summed E-state index contributed by atoms with van der Waals surface area (Å²) < 4.78 is 49.8. The number of rotatable bonds is 7. The molecule has 0 spiro atoms. The molecule has 3 rings (SSSR count). The minimum absolute atomic E-state index is 0.290. The van der Waals surface area contributed by atoms with Crippen molar-refractivity contribution in [2.45, 2.75) is 15.8 Å². The molecular formula is C24H19Br2FO4S. The Bertz CT molecular complexity index is 1250. The number of allylic oxidation sites excluding steroid dienone is 1. The minimum atomic E-state index is -4.80. The fourth-order valence-electron chi connectivity index (χ4n) is 3.28. The molecule has 8 heteroatoms. The summed E-state index contributed by atoms with van der Waals surface area (Å²) in [4.78, 5) is 12.5. The Morgan fingerprint density at radius 3 is 2.19 bits per heavy atom. The second kappa shape index (κ2) is 10.1. The zero-order chi connectivity index (χ0) is 23.4. The average Bonchev–Trinajstić information content (AvgIpc) is 2.79. The normalized spacial score (nSPS) is 14.6. The lowest BCUT2D eigenvalue weighted by molar-refractivity contribution is -0.149. The van der Waals surface area contributed by atoms with Gasteiger partial charge in [0.05, 0.1) is 17.9 Å². The highest BCUT2D eigenvalue weighted by atomic mass is 79.9. The van der Waals surface area contributed by atoms with E-state index in [1.807, 2.05) is 6.07 Å². The molecule has 3 aromatic carbocycles. The largest absolute Gasteiger partial charge is 0.466 e. The second-order valence-electron chi connectivity index (χ2n) is 6.90. The molecule has 0 unspecified atom stereocenters. The van der Waals surface area contributed by atoms with E-state index in [1.165, 1.54) is 30.3 Å². The molecule has 0 fully saturated rings. The van der Waals surface area contributed by atoms with Gasteiger partial charge >= 0.3 is 11.0 Å². The first-order valence-corrected chi connectivity index (χ1v) is 12.5. The number of halogens is 3. The third-order valence-electron chi connectivity index (χ3n) is 4.85. The Labute approximate surface area is 203 Å². The molecule has 0 radical (unpaired) electrons. The van der Waals surface area contributed by atoms with E-state index in [0.29, 0.717) is 10.0 Å². The lowest BCUT2D eigenvalue weighted by Gasteiger charge is -2.29. The molecule has 0 saturated heterocycles. The summed E-state index contributed by atoms with van der Waals surface area (Å²) in [5.74, 6) is -2.98. The van der Waals surface area contributed by atoms with Gasteiger partial charge in [-0.3, -0.25) is 0 Å². The van der Waals surface area contributed by atoms with Gasteiger partial charge < -0.3 is 4.74 Å². The number of esters is 1. The van der Waals surface area contributed by atoms with Crippen molar-refractivity contribution in [3.8, 4) is 0 Å². The van der Waals surface area contributed by atoms with E-state index < -0.39 is 26.7 Å². The van der Waals surface area contributed by atoms with Crippen LogP contribution < -0.4 is 0 Å². The van der Waals surface area contributed by atoms with Gasteiger partial charge in [-0.1, -0.05) is 86.5 Å². The smallest absolute Gasteiger partial charge is 0.361 e. The number of alkyl halides is 1. The van der Waals surface area contributed by atoms with Crippen molar-refractivity contribution in [2.75, 3.05) is 7.11 Å². The third-order valence-corrected chi connectivity index (χ3v) is 7.93. The zero-order valence-corrected chi connectivity index (χ0v) is 20.9. The molecule has 0 amide bonds. The number of methoxy groups -OCH3 is 1. The minimum Gasteiger partial charge on any atom is -0.466 e. The van der Waals surface area contributed by atoms with Gasteiger partial charge in [0.15, 0.2) is 0 Å². The van der Waals surface area contributed by atoms with E-state index in [0.717, 1.165) is 11.6 Å². The fourth-order valence-corrected chi connectivity index (χ4v) is 5.83. The molecule has 0 saturated carbocycles. The summed E-state index contributed by atoms with van der Waals surface area (Å²) in [6.07, 6.45) is 2.95. The Kier molecular flexibility index (Phi) is 7.69. The summed E-state index contributed by atoms with van der Waals surface area (Å²) in [7, 11) is -3.84. The number of hydrogen-bond acceptors (Lipinski definition) is 4. The van der Waals surface area contributed by atoms with Crippen LogP contribution in [0.5, 0.6) is 0 Å². The summed E-state index contributed by atoms with van der Waals surface area (Å²) in [6.45, 7) is 0. The van der Waals surface area contributed by atoms with E-state index in [-0.39, 0.29) is 10.5 Å². The first-order valence-electron chi connectivity index (χ1n) is 9.46. The number of carbonyl (C=O) groups is 1. The van der Waals surface area contributed by atoms with Crippen LogP contribution in [0.3, 0.4) is 0 Å². The third kappa shape index (κ3) is 4.87. The topological polar surface area (TPSA) is 60.4 Å². The number of hydrogen-bond donors (Lipinski definition) is 0. The Morgan fingerprint density at radius 2 is 1.59 bits per heavy atom. The van der Waals surface area contributed by atoms with Crippen molar-refractivity contribution in [2.24, 2.45) is 0 Å². The maximum absolute atomic E-state index is 16.8. The SMILES string of the molecule is COC(=O)[C@](F)([C@H](C=Cc1cccc(Br)c1)c1cccc(Br)c1)S(=O)(=O)c1ccccc1. The maximum atomic E-state index is 16.8. The summed E-state index contributed by atoms with van der Waals surface area (Å²) in [5.41, 5.74) is 0.988. The fraction of sp³-hybridized carbons (Fsp3) is 0.125. The second-order valence-corrected chi connectivity index (χ2v) is 10.8. The molecule has 0 aliphatic carbocycles. The molecule has 0 N–H and O–H groups in total. The van der Waals surface area contributed by atoms with Crippen LogP contribution in [0.25, 0.3) is 6.08 Å². The van der Waals surface area contributed by atoms with Crippen molar-refractivity contribution < 1.29 is 22.3 Å². The van der Waals surface area contributed by atoms with Crippen LogP contribution in [0.1, 0.15) is 17.0 Å². The van der Waals surface area contributed by atoms with Crippen molar-refractivity contribution in [3.05, 3.63) is 105 Å². The van der Waals surface area contributed by atoms with Crippen LogP contribution in [0.2, 0.25) is 0 Å². The summed E-state index contributed by atoms with van der Waals surface area (Å²) in [6, 6.07) is 20.8. The van der Waals surface area contributed by atoms with Gasteiger partial charge in [0.25, 0.3) is 0 Å². The monoisotopic (exact) mass is 580 g/mol. The van der Waals surface area contributed by atoms with Gasteiger partial charge in [0.2, 0.25) is 9.84 Å². The number of carbonyl (C=O) groups excluding carboxylic acids is 1. The average molecular weight is 582 g/mol. The molecular weight excluding hydrogens is 563 g/mol. The van der Waals surface area contributed by atoms with Crippen LogP contribution in [0, 0.1) is 0 Å². The summed E-state index contributed by atoms with van der Waals surface area (Å²) in [5, 5.41) is -3.41. The molecule has 0 heterocycles. The van der Waals surface area contributed by atoms with Crippen molar-refractivity contribution in [1.29, 1.82) is 0 Å². The van der Waals surface area contributed by atoms with Crippen LogP contribution in [0.15, 0.2) is 98.8 Å². The highest BCUT2D eigenvalue weighted by Gasteiger charge is 2.59. The van der Waals surface area contributed by atoms with Gasteiger partial charge in [0, 0.05) is 8.95 Å². The Hall–Kier alpha value is -2.29. The van der Waals surface area contributed by atoms with E-state index in [1.54, 1.807) is 54.6 Å². The molecule has 0 aliphatic rings. The van der Waals surface area contributed by atoms with E-state index in [4.69, 9.17) is 0 Å². The van der Waals surface area contributed by atoms with E-state index in [9.17, 15) is 13.2 Å². The lowest BCUT2D eigenvalue weighted by Crippen LogP contribution is -2.47. The molecule has 166 valence electrons. The Balaban J connectivity index is 2.26. The van der Waals surface area contributed by atoms with Crippen molar-refractivity contribution in [1.82, 2.24) is 0 Å². The lowest BCUT2D eigenvalue weighted by atomic mass is 9.92. The standard InChI is InChI=1S/C24H19Br2FO4S/c1-31-23(28)24(27,32(29,30)21-11-3-2-4-12-21)22(18-8-6-10-20(26)16-18)14-13-17-7-5-9-19(25)15-17/h2-16,22H,1H3/t22-,24+/m1/s1.